The average molecular weight is 632 g/mol. The number of aromatic nitrogens is 2. The number of halogens is 1. The highest BCUT2D eigenvalue weighted by Gasteiger charge is 2.70. The highest BCUT2D eigenvalue weighted by atomic mass is 32.2. The average Bonchev–Trinajstić information content (AvgIpc) is 3.73. The van der Waals surface area contributed by atoms with Crippen LogP contribution in [0.4, 0.5) is 4.39 Å². The summed E-state index contributed by atoms with van der Waals surface area (Å²) in [5.41, 5.74) is 1.68. The number of aliphatic hydroxyl groups excluding tert-OH is 1. The predicted octanol–water partition coefficient (Wildman–Crippen LogP) is 6.60. The van der Waals surface area contributed by atoms with Crippen LogP contribution in [0, 0.1) is 45.7 Å². The zero-order valence-corrected chi connectivity index (χ0v) is 26.3. The first-order valence-electron chi connectivity index (χ1n) is 15.1. The number of fused-ring (bicyclic) bond motifs is 6. The first-order chi connectivity index (χ1) is 21.1. The zero-order valence-electron chi connectivity index (χ0n) is 24.7. The molecular weight excluding hydrogens is 598 g/mol. The third-order valence-corrected chi connectivity index (χ3v) is 12.9. The van der Waals surface area contributed by atoms with Crippen molar-refractivity contribution in [3.05, 3.63) is 75.5 Å². The number of carbonyl (C=O) groups excluding carboxylic acids is 2. The fourth-order valence-electron chi connectivity index (χ4n) is 9.32. The third kappa shape index (κ3) is 4.27. The standard InChI is InChI=1S/C34H34FN3O4S2/c1-32-17-20-19-37-38(23-8-6-22(35)7-9-23)26(20)16-21(32)5-10-24-25-11-12-34(31(41)44-15-13-36,33(25,2)18-27(39)29(24)32)42-30(40)28-4-3-14-43-28/h3-4,6-9,14,16,19,24-25,27,29,39H,5,10-12,15,17-18H2,1-2H3/t24-,25-,27-,29+,32-,33-,34-/m0/s1. The first-order valence-corrected chi connectivity index (χ1v) is 17.0. The molecular formula is C34H34FN3O4S2. The monoisotopic (exact) mass is 631 g/mol. The second-order valence-electron chi connectivity index (χ2n) is 13.2. The second-order valence-corrected chi connectivity index (χ2v) is 15.1. The molecule has 0 saturated heterocycles. The molecule has 4 aliphatic carbocycles. The number of esters is 1. The van der Waals surface area contributed by atoms with Crippen LogP contribution in [-0.4, -0.2) is 43.4 Å². The number of nitrogens with zero attached hydrogens (tertiary/aromatic N) is 3. The molecule has 7 atom stereocenters. The summed E-state index contributed by atoms with van der Waals surface area (Å²) in [5, 5.41) is 27.5. The van der Waals surface area contributed by atoms with Crippen molar-refractivity contribution < 1.29 is 23.8 Å². The Kier molecular flexibility index (Phi) is 7.15. The lowest BCUT2D eigenvalue weighted by Gasteiger charge is -2.60. The summed E-state index contributed by atoms with van der Waals surface area (Å²) in [6.45, 7) is 4.28. The summed E-state index contributed by atoms with van der Waals surface area (Å²) in [5.74, 6) is -0.667. The number of thioether (sulfide) groups is 1. The van der Waals surface area contributed by atoms with Crippen molar-refractivity contribution in [3.8, 4) is 11.8 Å². The molecule has 4 aliphatic rings. The van der Waals surface area contributed by atoms with E-state index in [4.69, 9.17) is 4.74 Å². The fraction of sp³-hybridized carbons (Fsp3) is 0.471. The van der Waals surface area contributed by atoms with Crippen LogP contribution >= 0.6 is 23.1 Å². The fourth-order valence-corrected chi connectivity index (χ4v) is 10.7. The molecule has 228 valence electrons. The van der Waals surface area contributed by atoms with Crippen LogP contribution in [0.25, 0.3) is 11.8 Å². The molecule has 7 rings (SSSR count). The molecule has 2 aromatic heterocycles. The molecule has 0 unspecified atom stereocenters. The van der Waals surface area contributed by atoms with Crippen molar-refractivity contribution in [2.45, 2.75) is 64.1 Å². The number of hydrogen-bond donors (Lipinski definition) is 1. The molecule has 3 saturated carbocycles. The highest BCUT2D eigenvalue weighted by Crippen LogP contribution is 2.69. The summed E-state index contributed by atoms with van der Waals surface area (Å²) in [7, 11) is 0. The number of hydrogen-bond acceptors (Lipinski definition) is 8. The lowest BCUT2D eigenvalue weighted by Crippen LogP contribution is -2.62. The minimum atomic E-state index is -1.42. The van der Waals surface area contributed by atoms with E-state index < -0.39 is 23.1 Å². The van der Waals surface area contributed by atoms with Gasteiger partial charge >= 0.3 is 5.97 Å². The van der Waals surface area contributed by atoms with E-state index in [0.717, 1.165) is 48.0 Å². The summed E-state index contributed by atoms with van der Waals surface area (Å²) in [6.07, 6.45) is 7.26. The number of aliphatic hydroxyl groups is 1. The second kappa shape index (κ2) is 10.7. The number of thiophene rings is 1. The summed E-state index contributed by atoms with van der Waals surface area (Å²) in [4.78, 5) is 27.7. The largest absolute Gasteiger partial charge is 0.445 e. The van der Waals surface area contributed by atoms with E-state index in [9.17, 15) is 24.3 Å². The molecule has 7 nitrogen and oxygen atoms in total. The van der Waals surface area contributed by atoms with Gasteiger partial charge in [0.15, 0.2) is 5.60 Å². The van der Waals surface area contributed by atoms with Crippen LogP contribution in [-0.2, 0) is 16.0 Å². The summed E-state index contributed by atoms with van der Waals surface area (Å²) < 4.78 is 21.7. The number of carbonyl (C=O) groups is 2. The van der Waals surface area contributed by atoms with Crippen molar-refractivity contribution in [2.75, 3.05) is 5.75 Å². The molecule has 44 heavy (non-hydrogen) atoms. The SMILES string of the molecule is C[C@]12Cc3cnn(-c4ccc(F)cc4)c3C=C1CC[C@@H]1[C@@H]2[C@@H](O)C[C@@]2(C)[C@H]1CC[C@]2(OC(=O)c1cccs1)C(=O)SCC#N. The lowest BCUT2D eigenvalue weighted by atomic mass is 9.45. The Hall–Kier alpha value is -3.26. The van der Waals surface area contributed by atoms with Crippen LogP contribution in [0.3, 0.4) is 0 Å². The Labute approximate surface area is 264 Å². The van der Waals surface area contributed by atoms with Gasteiger partial charge < -0.3 is 9.84 Å². The van der Waals surface area contributed by atoms with Gasteiger partial charge in [-0.2, -0.15) is 10.4 Å². The Morgan fingerprint density at radius 2 is 2.05 bits per heavy atom. The Bertz CT molecular complexity index is 1700. The van der Waals surface area contributed by atoms with E-state index in [1.54, 1.807) is 29.6 Å². The van der Waals surface area contributed by atoms with Gasteiger partial charge in [0, 0.05) is 5.41 Å². The zero-order chi connectivity index (χ0) is 30.9. The number of rotatable bonds is 5. The molecule has 1 N–H and O–H groups in total. The quantitative estimate of drug-likeness (QED) is 0.316. The summed E-state index contributed by atoms with van der Waals surface area (Å²) >= 11 is 2.19. The lowest BCUT2D eigenvalue weighted by molar-refractivity contribution is -0.174. The van der Waals surface area contributed by atoms with Crippen molar-refractivity contribution >= 4 is 40.3 Å². The molecule has 3 aromatic rings. The maximum Gasteiger partial charge on any atom is 0.349 e. The van der Waals surface area contributed by atoms with Gasteiger partial charge in [-0.3, -0.25) is 4.79 Å². The Balaban J connectivity index is 1.23. The maximum atomic E-state index is 13.9. The molecule has 10 heteroatoms. The molecule has 3 fully saturated rings. The Morgan fingerprint density at radius 1 is 1.25 bits per heavy atom. The first kappa shape index (κ1) is 29.5. The molecule has 2 heterocycles. The number of nitriles is 1. The number of allylic oxidation sites excluding steroid dienone is 1. The van der Waals surface area contributed by atoms with Crippen LogP contribution in [0.15, 0.2) is 53.5 Å². The van der Waals surface area contributed by atoms with Gasteiger partial charge in [-0.05, 0) is 109 Å². The molecule has 1 aromatic carbocycles. The molecule has 0 radical (unpaired) electrons. The normalized spacial score (nSPS) is 33.7. The van der Waals surface area contributed by atoms with Crippen molar-refractivity contribution in [1.82, 2.24) is 9.78 Å². The van der Waals surface area contributed by atoms with Crippen molar-refractivity contribution in [3.63, 3.8) is 0 Å². The summed E-state index contributed by atoms with van der Waals surface area (Å²) in [6, 6.07) is 11.8. The highest BCUT2D eigenvalue weighted by molar-refractivity contribution is 8.14. The van der Waals surface area contributed by atoms with Gasteiger partial charge in [-0.15, -0.1) is 11.3 Å². The topological polar surface area (TPSA) is 105 Å². The van der Waals surface area contributed by atoms with Gasteiger partial charge in [0.25, 0.3) is 0 Å². The van der Waals surface area contributed by atoms with Gasteiger partial charge in [0.05, 0.1) is 35.5 Å². The van der Waals surface area contributed by atoms with E-state index in [-0.39, 0.29) is 39.9 Å². The molecule has 0 amide bonds. The van der Waals surface area contributed by atoms with Gasteiger partial charge in [-0.1, -0.05) is 37.2 Å². The minimum absolute atomic E-state index is 0.0212. The van der Waals surface area contributed by atoms with Gasteiger partial charge in [-0.25, -0.2) is 13.9 Å². The molecule has 0 aliphatic heterocycles. The van der Waals surface area contributed by atoms with E-state index in [1.165, 1.54) is 29.0 Å². The smallest absolute Gasteiger partial charge is 0.349 e. The van der Waals surface area contributed by atoms with Crippen molar-refractivity contribution in [1.29, 1.82) is 5.26 Å². The van der Waals surface area contributed by atoms with Gasteiger partial charge in [0.2, 0.25) is 5.12 Å². The minimum Gasteiger partial charge on any atom is -0.445 e. The van der Waals surface area contributed by atoms with Crippen LogP contribution in [0.2, 0.25) is 0 Å². The van der Waals surface area contributed by atoms with Crippen molar-refractivity contribution in [2.24, 2.45) is 28.6 Å². The van der Waals surface area contributed by atoms with Gasteiger partial charge in [0.1, 0.15) is 10.7 Å². The number of ether oxygens (including phenoxy) is 1. The molecule has 0 bridgehead atoms. The van der Waals surface area contributed by atoms with E-state index in [2.05, 4.69) is 18.1 Å². The van der Waals surface area contributed by atoms with E-state index in [0.29, 0.717) is 24.1 Å². The van der Waals surface area contributed by atoms with E-state index in [1.807, 2.05) is 23.9 Å². The maximum absolute atomic E-state index is 13.9. The number of benzene rings is 1. The predicted molar refractivity (Wildman–Crippen MR) is 167 cm³/mol. The third-order valence-electron chi connectivity index (χ3n) is 11.2. The van der Waals surface area contributed by atoms with Crippen LogP contribution < -0.4 is 0 Å². The Morgan fingerprint density at radius 3 is 2.77 bits per heavy atom. The van der Waals surface area contributed by atoms with E-state index >= 15 is 0 Å². The van der Waals surface area contributed by atoms with Crippen LogP contribution in [0.1, 0.15) is 66.9 Å². The molecule has 0 spiro atoms. The van der Waals surface area contributed by atoms with Crippen LogP contribution in [0.5, 0.6) is 0 Å².